The summed E-state index contributed by atoms with van der Waals surface area (Å²) in [5, 5.41) is 9.72. The van der Waals surface area contributed by atoms with Crippen LogP contribution in [0.3, 0.4) is 0 Å². The van der Waals surface area contributed by atoms with Crippen molar-refractivity contribution in [1.29, 1.82) is 0 Å². The Kier molecular flexibility index (Phi) is 4.20. The number of amidine groups is 1. The second-order valence-electron chi connectivity index (χ2n) is 4.53. The van der Waals surface area contributed by atoms with E-state index in [1.165, 1.54) is 6.07 Å². The number of phenols is 1. The highest BCUT2D eigenvalue weighted by Crippen LogP contribution is 2.31. The zero-order valence-electron chi connectivity index (χ0n) is 11.4. The summed E-state index contributed by atoms with van der Waals surface area (Å²) in [6.45, 7) is 3.77. The molecule has 0 amide bonds. The molecule has 0 unspecified atom stereocenters. The molecule has 2 rings (SSSR count). The molecule has 1 aromatic heterocycles. The number of nitrogens with two attached hydrogens (primary N) is 1. The predicted molar refractivity (Wildman–Crippen MR) is 78.5 cm³/mol. The zero-order valence-corrected chi connectivity index (χ0v) is 11.4. The first kappa shape index (κ1) is 13.9. The molecule has 0 spiro atoms. The standard InChI is InChI=1S/C15H17N3O2/c1-10(2)20-14-9-11(6-7-13(14)19)18-15(16)12-5-3-4-8-17-12/h3-10,19H,1-2H3,(H2,16,18). The minimum atomic E-state index is -0.0340. The van der Waals surface area contributed by atoms with Crippen LogP contribution in [0.5, 0.6) is 11.5 Å². The quantitative estimate of drug-likeness (QED) is 0.661. The van der Waals surface area contributed by atoms with E-state index in [4.69, 9.17) is 10.5 Å². The molecule has 0 saturated heterocycles. The molecule has 2 aromatic rings. The molecule has 5 nitrogen and oxygen atoms in total. The fourth-order valence-electron chi connectivity index (χ4n) is 1.63. The summed E-state index contributed by atoms with van der Waals surface area (Å²) < 4.78 is 5.50. The second-order valence-corrected chi connectivity index (χ2v) is 4.53. The summed E-state index contributed by atoms with van der Waals surface area (Å²) in [4.78, 5) is 8.41. The maximum atomic E-state index is 9.72. The number of rotatable bonds is 4. The Balaban J connectivity index is 2.29. The van der Waals surface area contributed by atoms with Gasteiger partial charge in [0, 0.05) is 12.3 Å². The van der Waals surface area contributed by atoms with Gasteiger partial charge in [0.25, 0.3) is 0 Å². The highest BCUT2D eigenvalue weighted by Gasteiger charge is 2.06. The Morgan fingerprint density at radius 1 is 1.30 bits per heavy atom. The average Bonchev–Trinajstić information content (AvgIpc) is 2.43. The topological polar surface area (TPSA) is 80.7 Å². The van der Waals surface area contributed by atoms with Crippen molar-refractivity contribution in [3.05, 3.63) is 48.3 Å². The maximum absolute atomic E-state index is 9.72. The van der Waals surface area contributed by atoms with Gasteiger partial charge >= 0.3 is 0 Å². The molecule has 1 aromatic carbocycles. The molecular formula is C15H17N3O2. The summed E-state index contributed by atoms with van der Waals surface area (Å²) in [7, 11) is 0. The number of aromatic hydroxyl groups is 1. The van der Waals surface area contributed by atoms with E-state index in [1.807, 2.05) is 26.0 Å². The monoisotopic (exact) mass is 271 g/mol. The van der Waals surface area contributed by atoms with Gasteiger partial charge in [0.2, 0.25) is 0 Å². The number of hydrogen-bond acceptors (Lipinski definition) is 4. The lowest BCUT2D eigenvalue weighted by Crippen LogP contribution is -2.14. The Bertz CT molecular complexity index is 610. The summed E-state index contributed by atoms with van der Waals surface area (Å²) in [6, 6.07) is 10.3. The summed E-state index contributed by atoms with van der Waals surface area (Å²) in [6.07, 6.45) is 1.62. The molecule has 5 heteroatoms. The van der Waals surface area contributed by atoms with Gasteiger partial charge in [-0.15, -0.1) is 0 Å². The van der Waals surface area contributed by atoms with Gasteiger partial charge in [-0.2, -0.15) is 0 Å². The van der Waals surface area contributed by atoms with Crippen molar-refractivity contribution in [3.8, 4) is 11.5 Å². The van der Waals surface area contributed by atoms with Crippen LogP contribution >= 0.6 is 0 Å². The van der Waals surface area contributed by atoms with E-state index in [0.717, 1.165) is 0 Å². The van der Waals surface area contributed by atoms with Crippen LogP contribution in [0.25, 0.3) is 0 Å². The molecule has 0 bridgehead atoms. The van der Waals surface area contributed by atoms with E-state index in [1.54, 1.807) is 24.4 Å². The van der Waals surface area contributed by atoms with Crippen LogP contribution in [0.4, 0.5) is 5.69 Å². The van der Waals surface area contributed by atoms with Crippen molar-refractivity contribution >= 4 is 11.5 Å². The molecule has 0 aliphatic heterocycles. The molecule has 0 atom stereocenters. The van der Waals surface area contributed by atoms with Crippen LogP contribution in [0.15, 0.2) is 47.6 Å². The van der Waals surface area contributed by atoms with Crippen molar-refractivity contribution < 1.29 is 9.84 Å². The third-order valence-electron chi connectivity index (χ3n) is 2.48. The fraction of sp³-hybridized carbons (Fsp3) is 0.200. The number of benzene rings is 1. The second kappa shape index (κ2) is 6.06. The first-order chi connectivity index (χ1) is 9.56. The van der Waals surface area contributed by atoms with Gasteiger partial charge in [0.1, 0.15) is 11.5 Å². The molecule has 0 saturated carbocycles. The van der Waals surface area contributed by atoms with Crippen molar-refractivity contribution in [1.82, 2.24) is 4.98 Å². The van der Waals surface area contributed by atoms with Crippen LogP contribution < -0.4 is 10.5 Å². The number of aromatic nitrogens is 1. The largest absolute Gasteiger partial charge is 0.504 e. The molecule has 20 heavy (non-hydrogen) atoms. The third-order valence-corrected chi connectivity index (χ3v) is 2.48. The van der Waals surface area contributed by atoms with Crippen LogP contribution in [-0.2, 0) is 0 Å². The molecule has 0 aliphatic carbocycles. The minimum Gasteiger partial charge on any atom is -0.504 e. The number of phenolic OH excluding ortho intramolecular Hbond substituents is 1. The molecule has 104 valence electrons. The van der Waals surface area contributed by atoms with Crippen molar-refractivity contribution in [3.63, 3.8) is 0 Å². The Morgan fingerprint density at radius 2 is 2.10 bits per heavy atom. The smallest absolute Gasteiger partial charge is 0.163 e. The van der Waals surface area contributed by atoms with E-state index in [-0.39, 0.29) is 11.9 Å². The van der Waals surface area contributed by atoms with Crippen LogP contribution in [0, 0.1) is 0 Å². The predicted octanol–water partition coefficient (Wildman–Crippen LogP) is 2.61. The normalized spacial score (nSPS) is 11.7. The zero-order chi connectivity index (χ0) is 14.5. The van der Waals surface area contributed by atoms with Gasteiger partial charge in [-0.05, 0) is 38.1 Å². The van der Waals surface area contributed by atoms with Crippen molar-refractivity contribution in [2.75, 3.05) is 0 Å². The fourth-order valence-corrected chi connectivity index (χ4v) is 1.63. The summed E-state index contributed by atoms with van der Waals surface area (Å²) in [5.41, 5.74) is 7.10. The minimum absolute atomic E-state index is 0.0340. The van der Waals surface area contributed by atoms with Crippen LogP contribution in [0.2, 0.25) is 0 Å². The van der Waals surface area contributed by atoms with Crippen LogP contribution in [0.1, 0.15) is 19.5 Å². The SMILES string of the molecule is CC(C)Oc1cc(N=C(N)c2ccccn2)ccc1O. The van der Waals surface area contributed by atoms with Crippen molar-refractivity contribution in [2.45, 2.75) is 20.0 Å². The Morgan fingerprint density at radius 3 is 2.75 bits per heavy atom. The van der Waals surface area contributed by atoms with Crippen molar-refractivity contribution in [2.24, 2.45) is 10.7 Å². The highest BCUT2D eigenvalue weighted by molar-refractivity contribution is 5.97. The summed E-state index contributed by atoms with van der Waals surface area (Å²) in [5.74, 6) is 0.774. The lowest BCUT2D eigenvalue weighted by atomic mass is 10.2. The van der Waals surface area contributed by atoms with Gasteiger partial charge in [-0.3, -0.25) is 4.98 Å². The number of hydrogen-bond donors (Lipinski definition) is 2. The highest BCUT2D eigenvalue weighted by atomic mass is 16.5. The van der Waals surface area contributed by atoms with E-state index in [2.05, 4.69) is 9.98 Å². The first-order valence-corrected chi connectivity index (χ1v) is 6.31. The van der Waals surface area contributed by atoms with Gasteiger partial charge in [0.05, 0.1) is 11.8 Å². The third kappa shape index (κ3) is 3.47. The number of ether oxygens (including phenoxy) is 1. The average molecular weight is 271 g/mol. The van der Waals surface area contributed by atoms with Gasteiger partial charge in [-0.1, -0.05) is 6.07 Å². The van der Waals surface area contributed by atoms with E-state index in [9.17, 15) is 5.11 Å². The van der Waals surface area contributed by atoms with E-state index < -0.39 is 0 Å². The molecule has 0 aliphatic rings. The molecule has 0 radical (unpaired) electrons. The van der Waals surface area contributed by atoms with Crippen LogP contribution in [-0.4, -0.2) is 22.0 Å². The van der Waals surface area contributed by atoms with Gasteiger partial charge < -0.3 is 15.6 Å². The number of pyridine rings is 1. The lowest BCUT2D eigenvalue weighted by molar-refractivity contribution is 0.232. The lowest BCUT2D eigenvalue weighted by Gasteiger charge is -2.11. The molecule has 0 fully saturated rings. The Labute approximate surface area is 117 Å². The molecular weight excluding hydrogens is 254 g/mol. The number of nitrogens with zero attached hydrogens (tertiary/aromatic N) is 2. The van der Waals surface area contributed by atoms with E-state index in [0.29, 0.717) is 23.0 Å². The van der Waals surface area contributed by atoms with Gasteiger partial charge in [-0.25, -0.2) is 4.99 Å². The van der Waals surface area contributed by atoms with E-state index >= 15 is 0 Å². The number of aliphatic imine (C=N–C) groups is 1. The molecule has 1 heterocycles. The molecule has 3 N–H and O–H groups in total. The Hall–Kier alpha value is -2.56. The first-order valence-electron chi connectivity index (χ1n) is 6.31. The maximum Gasteiger partial charge on any atom is 0.163 e. The summed E-state index contributed by atoms with van der Waals surface area (Å²) >= 11 is 0. The van der Waals surface area contributed by atoms with Gasteiger partial charge in [0.15, 0.2) is 11.5 Å².